The normalized spacial score (nSPS) is 35.6. The Hall–Kier alpha value is -0.0800. The maximum Gasteiger partial charge on any atom is 0.168 e. The molecule has 0 amide bonds. The predicted molar refractivity (Wildman–Crippen MR) is 69.8 cm³/mol. The highest BCUT2D eigenvalue weighted by molar-refractivity contribution is 4.88. The van der Waals surface area contributed by atoms with Crippen LogP contribution in [0.3, 0.4) is 0 Å². The fourth-order valence-electron chi connectivity index (χ4n) is 3.27. The van der Waals surface area contributed by atoms with Gasteiger partial charge in [-0.05, 0) is 30.1 Å². The zero-order valence-electron chi connectivity index (χ0n) is 11.9. The average molecular weight is 240 g/mol. The first-order valence-electron chi connectivity index (χ1n) is 7.24. The summed E-state index contributed by atoms with van der Waals surface area (Å²) in [5.41, 5.74) is 0.464. The van der Waals surface area contributed by atoms with Crippen molar-refractivity contribution in [2.45, 2.75) is 65.6 Å². The standard InChI is InChI=1S/C15H28O2/c1-5-14(3,4)9-12(2)13-10-15(17-11-13)7-6-8-16-15/h12-13H,5-11H2,1-4H3. The van der Waals surface area contributed by atoms with Crippen molar-refractivity contribution in [3.8, 4) is 0 Å². The van der Waals surface area contributed by atoms with E-state index < -0.39 is 0 Å². The zero-order valence-corrected chi connectivity index (χ0v) is 11.9. The summed E-state index contributed by atoms with van der Waals surface area (Å²) in [5, 5.41) is 0. The fourth-order valence-corrected chi connectivity index (χ4v) is 3.27. The Morgan fingerprint density at radius 1 is 1.35 bits per heavy atom. The Morgan fingerprint density at radius 3 is 2.71 bits per heavy atom. The molecule has 0 radical (unpaired) electrons. The Morgan fingerprint density at radius 2 is 2.12 bits per heavy atom. The van der Waals surface area contributed by atoms with Crippen LogP contribution in [0.1, 0.15) is 59.8 Å². The molecule has 3 atom stereocenters. The summed E-state index contributed by atoms with van der Waals surface area (Å²) < 4.78 is 11.8. The number of hydrogen-bond donors (Lipinski definition) is 0. The van der Waals surface area contributed by atoms with Crippen LogP contribution >= 0.6 is 0 Å². The fraction of sp³-hybridized carbons (Fsp3) is 1.00. The molecule has 100 valence electrons. The molecule has 2 heterocycles. The largest absolute Gasteiger partial charge is 0.350 e. The summed E-state index contributed by atoms with van der Waals surface area (Å²) >= 11 is 0. The van der Waals surface area contributed by atoms with Crippen molar-refractivity contribution in [3.63, 3.8) is 0 Å². The predicted octanol–water partition coefficient (Wildman–Crippen LogP) is 3.99. The van der Waals surface area contributed by atoms with Gasteiger partial charge in [-0.2, -0.15) is 0 Å². The van der Waals surface area contributed by atoms with Crippen LogP contribution in [0.15, 0.2) is 0 Å². The highest BCUT2D eigenvalue weighted by Crippen LogP contribution is 2.44. The average Bonchev–Trinajstić information content (AvgIpc) is 2.89. The van der Waals surface area contributed by atoms with E-state index in [1.807, 2.05) is 0 Å². The van der Waals surface area contributed by atoms with Crippen LogP contribution in [0, 0.1) is 17.3 Å². The molecule has 2 aliphatic heterocycles. The summed E-state index contributed by atoms with van der Waals surface area (Å²) in [5.74, 6) is 1.25. The van der Waals surface area contributed by atoms with Crippen molar-refractivity contribution in [1.29, 1.82) is 0 Å². The molecule has 2 fully saturated rings. The molecular formula is C15H28O2. The van der Waals surface area contributed by atoms with E-state index in [0.717, 1.165) is 32.0 Å². The third-order valence-electron chi connectivity index (χ3n) is 4.84. The van der Waals surface area contributed by atoms with E-state index in [2.05, 4.69) is 27.7 Å². The van der Waals surface area contributed by atoms with E-state index in [9.17, 15) is 0 Å². The lowest BCUT2D eigenvalue weighted by atomic mass is 9.76. The molecule has 2 nitrogen and oxygen atoms in total. The van der Waals surface area contributed by atoms with Crippen LogP contribution in [0.4, 0.5) is 0 Å². The molecule has 0 saturated carbocycles. The van der Waals surface area contributed by atoms with Crippen molar-refractivity contribution in [2.24, 2.45) is 17.3 Å². The second-order valence-electron chi connectivity index (χ2n) is 6.84. The van der Waals surface area contributed by atoms with Gasteiger partial charge in [0.15, 0.2) is 5.79 Å². The molecule has 0 aromatic heterocycles. The molecule has 3 unspecified atom stereocenters. The van der Waals surface area contributed by atoms with Gasteiger partial charge in [-0.1, -0.05) is 34.1 Å². The van der Waals surface area contributed by atoms with Gasteiger partial charge in [-0.25, -0.2) is 0 Å². The highest BCUT2D eigenvalue weighted by atomic mass is 16.7. The lowest BCUT2D eigenvalue weighted by molar-refractivity contribution is -0.178. The molecule has 2 rings (SSSR count). The molecule has 0 N–H and O–H groups in total. The second kappa shape index (κ2) is 4.89. The first kappa shape index (κ1) is 13.4. The van der Waals surface area contributed by atoms with Gasteiger partial charge in [-0.15, -0.1) is 0 Å². The van der Waals surface area contributed by atoms with Crippen molar-refractivity contribution in [3.05, 3.63) is 0 Å². The molecular weight excluding hydrogens is 212 g/mol. The van der Waals surface area contributed by atoms with Crippen LogP contribution in [0.25, 0.3) is 0 Å². The Kier molecular flexibility index (Phi) is 3.84. The minimum atomic E-state index is -0.185. The van der Waals surface area contributed by atoms with Crippen molar-refractivity contribution < 1.29 is 9.47 Å². The molecule has 0 aromatic carbocycles. The van der Waals surface area contributed by atoms with Gasteiger partial charge in [-0.3, -0.25) is 0 Å². The third kappa shape index (κ3) is 3.03. The summed E-state index contributed by atoms with van der Waals surface area (Å²) in [6.45, 7) is 11.2. The highest BCUT2D eigenvalue weighted by Gasteiger charge is 2.45. The van der Waals surface area contributed by atoms with E-state index in [-0.39, 0.29) is 5.79 Å². The van der Waals surface area contributed by atoms with Gasteiger partial charge >= 0.3 is 0 Å². The van der Waals surface area contributed by atoms with Crippen LogP contribution < -0.4 is 0 Å². The first-order chi connectivity index (χ1) is 7.96. The maximum atomic E-state index is 5.96. The van der Waals surface area contributed by atoms with Crippen molar-refractivity contribution in [2.75, 3.05) is 13.2 Å². The summed E-state index contributed by atoms with van der Waals surface area (Å²) in [4.78, 5) is 0. The van der Waals surface area contributed by atoms with Gasteiger partial charge in [0, 0.05) is 12.8 Å². The minimum Gasteiger partial charge on any atom is -0.350 e. The van der Waals surface area contributed by atoms with Crippen LogP contribution in [-0.4, -0.2) is 19.0 Å². The van der Waals surface area contributed by atoms with Gasteiger partial charge in [0.25, 0.3) is 0 Å². The number of rotatable bonds is 4. The second-order valence-corrected chi connectivity index (χ2v) is 6.84. The van der Waals surface area contributed by atoms with E-state index in [1.54, 1.807) is 0 Å². The van der Waals surface area contributed by atoms with E-state index in [0.29, 0.717) is 11.3 Å². The molecule has 0 aliphatic carbocycles. The molecule has 2 aliphatic rings. The van der Waals surface area contributed by atoms with Gasteiger partial charge in [0.05, 0.1) is 13.2 Å². The van der Waals surface area contributed by atoms with E-state index >= 15 is 0 Å². The van der Waals surface area contributed by atoms with Gasteiger partial charge in [0.2, 0.25) is 0 Å². The summed E-state index contributed by atoms with van der Waals surface area (Å²) in [7, 11) is 0. The van der Waals surface area contributed by atoms with Gasteiger partial charge in [0.1, 0.15) is 0 Å². The first-order valence-corrected chi connectivity index (χ1v) is 7.24. The Labute approximate surface area is 106 Å². The monoisotopic (exact) mass is 240 g/mol. The minimum absolute atomic E-state index is 0.185. The van der Waals surface area contributed by atoms with Crippen molar-refractivity contribution in [1.82, 2.24) is 0 Å². The van der Waals surface area contributed by atoms with Crippen LogP contribution in [-0.2, 0) is 9.47 Å². The van der Waals surface area contributed by atoms with Gasteiger partial charge < -0.3 is 9.47 Å². The maximum absolute atomic E-state index is 5.96. The topological polar surface area (TPSA) is 18.5 Å². The van der Waals surface area contributed by atoms with Crippen LogP contribution in [0.5, 0.6) is 0 Å². The molecule has 2 saturated heterocycles. The third-order valence-corrected chi connectivity index (χ3v) is 4.84. The Balaban J connectivity index is 1.87. The smallest absolute Gasteiger partial charge is 0.168 e. The molecule has 17 heavy (non-hydrogen) atoms. The molecule has 2 heteroatoms. The molecule has 0 bridgehead atoms. The number of ether oxygens (including phenoxy) is 2. The SMILES string of the molecule is CCC(C)(C)CC(C)C1COC2(CCCO2)C1. The van der Waals surface area contributed by atoms with E-state index in [4.69, 9.17) is 9.47 Å². The lowest BCUT2D eigenvalue weighted by Gasteiger charge is -2.29. The van der Waals surface area contributed by atoms with E-state index in [1.165, 1.54) is 19.3 Å². The summed E-state index contributed by atoms with van der Waals surface area (Å²) in [6.07, 6.45) is 5.95. The quantitative estimate of drug-likeness (QED) is 0.739. The zero-order chi connectivity index (χ0) is 12.5. The molecule has 0 aromatic rings. The Bertz CT molecular complexity index is 254. The van der Waals surface area contributed by atoms with Crippen LogP contribution in [0.2, 0.25) is 0 Å². The van der Waals surface area contributed by atoms with Crippen molar-refractivity contribution >= 4 is 0 Å². The number of hydrogen-bond acceptors (Lipinski definition) is 2. The lowest BCUT2D eigenvalue weighted by Crippen LogP contribution is -2.27. The summed E-state index contributed by atoms with van der Waals surface area (Å²) in [6, 6.07) is 0. The molecule has 1 spiro atoms.